The van der Waals surface area contributed by atoms with Crippen LogP contribution >= 0.6 is 35.3 Å². The van der Waals surface area contributed by atoms with Crippen LogP contribution in [-0.4, -0.2) is 215 Å². The molecule has 0 aromatic heterocycles. The largest absolute Gasteiger partial charge is 0.480 e. The van der Waals surface area contributed by atoms with Crippen molar-refractivity contribution in [2.45, 2.75) is 82.3 Å². The summed E-state index contributed by atoms with van der Waals surface area (Å²) in [5.74, 6) is -3.48. The molecule has 1 aromatic carbocycles. The molecule has 2 aliphatic heterocycles. The summed E-state index contributed by atoms with van der Waals surface area (Å²) in [6.45, 7) is 9.05. The minimum Gasteiger partial charge on any atom is -0.480 e. The van der Waals surface area contributed by atoms with E-state index >= 15 is 0 Å². The highest BCUT2D eigenvalue weighted by Gasteiger charge is 2.32. The zero-order chi connectivity index (χ0) is 53.2. The lowest BCUT2D eigenvalue weighted by molar-refractivity contribution is -0.140. The summed E-state index contributed by atoms with van der Waals surface area (Å²) < 4.78 is 0. The zero-order valence-corrected chi connectivity index (χ0v) is 44.4. The van der Waals surface area contributed by atoms with E-state index in [1.165, 1.54) is 11.8 Å². The number of thioether (sulfide) groups is 3. The number of nitrogens with one attached hydrogen (secondary N) is 5. The summed E-state index contributed by atoms with van der Waals surface area (Å²) in [7, 11) is 0. The SMILES string of the molecule is CC[C@H](C)[C@@H]1NC(=O)[C@H](CC(C)C)NC(=O)CNC(=O)CCSCc2cc(CSCCNC(=O)CN3CCN(CC(=O)O)CCN(CC(=O)O)CCN(CC(=O)O)CC3)cc(c2)CSC[C@@H](C(N)=O)NC1=O. The van der Waals surface area contributed by atoms with Crippen LogP contribution in [0.4, 0.5) is 0 Å². The number of hydrogen-bond donors (Lipinski definition) is 9. The molecular weight excluding hydrogens is 993 g/mol. The molecule has 3 rings (SSSR count). The van der Waals surface area contributed by atoms with E-state index in [2.05, 4.69) is 44.8 Å². The molecule has 0 saturated carbocycles. The van der Waals surface area contributed by atoms with E-state index in [-0.39, 0.29) is 101 Å². The number of carbonyl (C=O) groups excluding carboxylic acids is 6. The van der Waals surface area contributed by atoms with E-state index in [1.54, 1.807) is 45.1 Å². The second-order valence-corrected chi connectivity index (χ2v) is 21.8. The first-order valence-corrected chi connectivity index (χ1v) is 27.8. The third-order valence-corrected chi connectivity index (χ3v) is 15.0. The van der Waals surface area contributed by atoms with Crippen LogP contribution in [0.3, 0.4) is 0 Å². The first kappa shape index (κ1) is 61.6. The fourth-order valence-corrected chi connectivity index (χ4v) is 10.5. The number of rotatable bonds is 18. The Kier molecular flexibility index (Phi) is 28.4. The highest BCUT2D eigenvalue weighted by atomic mass is 32.2. The van der Waals surface area contributed by atoms with Crippen molar-refractivity contribution < 1.29 is 58.5 Å². The molecule has 1 saturated heterocycles. The van der Waals surface area contributed by atoms with Gasteiger partial charge in [0.05, 0.1) is 32.7 Å². The van der Waals surface area contributed by atoms with Gasteiger partial charge in [0.15, 0.2) is 0 Å². The Morgan fingerprint density at radius 1 is 0.736 bits per heavy atom. The van der Waals surface area contributed by atoms with Gasteiger partial charge in [0.2, 0.25) is 35.4 Å². The Hall–Kier alpha value is -4.66. The van der Waals surface area contributed by atoms with Crippen LogP contribution in [-0.2, 0) is 60.4 Å². The zero-order valence-electron chi connectivity index (χ0n) is 42.0. The van der Waals surface area contributed by atoms with Gasteiger partial charge in [-0.15, -0.1) is 0 Å². The van der Waals surface area contributed by atoms with Crippen molar-refractivity contribution in [1.29, 1.82) is 0 Å². The van der Waals surface area contributed by atoms with E-state index in [0.717, 1.165) is 16.7 Å². The molecule has 404 valence electrons. The number of nitrogens with zero attached hydrogens (tertiary/aromatic N) is 4. The van der Waals surface area contributed by atoms with Gasteiger partial charge in [0.25, 0.3) is 0 Å². The van der Waals surface area contributed by atoms with Gasteiger partial charge in [-0.05, 0) is 34.9 Å². The maximum absolute atomic E-state index is 13.7. The fourth-order valence-electron chi connectivity index (χ4n) is 7.86. The molecule has 1 fully saturated rings. The van der Waals surface area contributed by atoms with Crippen LogP contribution in [0.15, 0.2) is 18.2 Å². The quantitative estimate of drug-likeness (QED) is 0.0840. The topological polar surface area (TPSA) is 313 Å². The summed E-state index contributed by atoms with van der Waals surface area (Å²) in [6, 6.07) is 3.18. The molecule has 6 amide bonds. The lowest BCUT2D eigenvalue weighted by Gasteiger charge is -2.32. The number of fused-ring (bicyclic) bond motifs is 2. The third kappa shape index (κ3) is 25.3. The Morgan fingerprint density at radius 3 is 1.76 bits per heavy atom. The molecule has 4 atom stereocenters. The highest BCUT2D eigenvalue weighted by Crippen LogP contribution is 2.24. The smallest absolute Gasteiger partial charge is 0.317 e. The number of hydrogen-bond acceptors (Lipinski definition) is 16. The predicted molar refractivity (Wildman–Crippen MR) is 278 cm³/mol. The summed E-state index contributed by atoms with van der Waals surface area (Å²) >= 11 is 4.58. The van der Waals surface area contributed by atoms with Crippen molar-refractivity contribution in [1.82, 2.24) is 46.2 Å². The van der Waals surface area contributed by atoms with Crippen molar-refractivity contribution in [3.8, 4) is 0 Å². The lowest BCUT2D eigenvalue weighted by Crippen LogP contribution is -2.59. The van der Waals surface area contributed by atoms with Gasteiger partial charge in [0, 0.05) is 99.8 Å². The number of carboxylic acid groups (broad SMARTS) is 3. The molecule has 2 aliphatic rings. The van der Waals surface area contributed by atoms with Crippen molar-refractivity contribution in [2.24, 2.45) is 17.6 Å². The molecule has 0 spiro atoms. The van der Waals surface area contributed by atoms with Gasteiger partial charge >= 0.3 is 17.9 Å². The minimum absolute atomic E-state index is 0.00349. The lowest BCUT2D eigenvalue weighted by atomic mass is 9.96. The molecule has 22 nitrogen and oxygen atoms in total. The average Bonchev–Trinajstić information content (AvgIpc) is 3.30. The van der Waals surface area contributed by atoms with E-state index in [0.29, 0.717) is 67.9 Å². The predicted octanol–water partition coefficient (Wildman–Crippen LogP) is -0.470. The first-order chi connectivity index (χ1) is 34.2. The standard InChI is InChI=1S/C47H76N10O12S3/c1-5-32(4)44-47(69)52-37(45(48)67)30-72-29-35-20-33(27-70-16-6-38(58)50-22-39(59)51-36(18-31(2)3)46(68)53-44)19-34(21-35)28-71-17-7-49-40(60)23-54-8-10-55(24-41(61)62)12-14-57(26-43(65)66)15-13-56(11-9-54)25-42(63)64/h19-21,31-32,36-37,44H,5-18,22-30H2,1-4H3,(H2,48,67)(H,49,60)(H,50,58)(H,51,59)(H,52,69)(H,53,68)(H,61,62)(H,63,64)(H,65,66)/t32-,36-,37-,44-/m0/s1. The number of carbonyl (C=O) groups is 9. The van der Waals surface area contributed by atoms with Crippen molar-refractivity contribution in [2.75, 3.05) is 109 Å². The van der Waals surface area contributed by atoms with Crippen LogP contribution < -0.4 is 32.3 Å². The summed E-state index contributed by atoms with van der Waals surface area (Å²) in [6.07, 6.45) is 0.982. The Bertz CT molecular complexity index is 1950. The van der Waals surface area contributed by atoms with E-state index in [4.69, 9.17) is 5.73 Å². The maximum atomic E-state index is 13.7. The molecule has 72 heavy (non-hydrogen) atoms. The second kappa shape index (κ2) is 33.2. The van der Waals surface area contributed by atoms with Crippen LogP contribution in [0.25, 0.3) is 0 Å². The van der Waals surface area contributed by atoms with Crippen molar-refractivity contribution >= 4 is 88.6 Å². The van der Waals surface area contributed by atoms with Crippen LogP contribution in [0.2, 0.25) is 0 Å². The maximum Gasteiger partial charge on any atom is 0.317 e. The second-order valence-electron chi connectivity index (χ2n) is 18.5. The van der Waals surface area contributed by atoms with Gasteiger partial charge in [0.1, 0.15) is 18.1 Å². The highest BCUT2D eigenvalue weighted by molar-refractivity contribution is 7.99. The molecule has 0 radical (unpaired) electrons. The van der Waals surface area contributed by atoms with Crippen LogP contribution in [0, 0.1) is 11.8 Å². The molecule has 0 aliphatic carbocycles. The summed E-state index contributed by atoms with van der Waals surface area (Å²) in [5.41, 5.74) is 8.79. The Labute approximate surface area is 435 Å². The number of nitrogens with two attached hydrogens (primary N) is 1. The number of primary amides is 1. The normalized spacial score (nSPS) is 21.5. The van der Waals surface area contributed by atoms with Gasteiger partial charge < -0.3 is 47.6 Å². The van der Waals surface area contributed by atoms with Gasteiger partial charge in [-0.25, -0.2) is 0 Å². The third-order valence-electron chi connectivity index (χ3n) is 11.9. The van der Waals surface area contributed by atoms with Crippen molar-refractivity contribution in [3.63, 3.8) is 0 Å². The van der Waals surface area contributed by atoms with Crippen molar-refractivity contribution in [3.05, 3.63) is 34.9 Å². The average molecular weight is 1070 g/mol. The van der Waals surface area contributed by atoms with Crippen LogP contribution in [0.1, 0.15) is 63.6 Å². The fraction of sp³-hybridized carbons (Fsp3) is 0.681. The number of carboxylic acids is 3. The van der Waals surface area contributed by atoms with Gasteiger partial charge in [-0.1, -0.05) is 52.3 Å². The Morgan fingerprint density at radius 2 is 1.26 bits per heavy atom. The number of aliphatic carboxylic acids is 3. The molecule has 2 heterocycles. The minimum atomic E-state index is -1.04. The molecular formula is C47H76N10O12S3. The number of benzene rings is 1. The molecule has 1 aromatic rings. The van der Waals surface area contributed by atoms with E-state index in [1.807, 2.05) is 25.7 Å². The molecule has 0 unspecified atom stereocenters. The molecule has 10 N–H and O–H groups in total. The number of amides is 6. The van der Waals surface area contributed by atoms with E-state index < -0.39 is 59.7 Å². The monoisotopic (exact) mass is 1070 g/mol. The summed E-state index contributed by atoms with van der Waals surface area (Å²) in [5, 5.41) is 42.3. The van der Waals surface area contributed by atoms with E-state index in [9.17, 15) is 58.5 Å². The van der Waals surface area contributed by atoms with Crippen LogP contribution in [0.5, 0.6) is 0 Å². The van der Waals surface area contributed by atoms with Gasteiger partial charge in [-0.2, -0.15) is 35.3 Å². The Balaban J connectivity index is 1.69. The first-order valence-electron chi connectivity index (χ1n) is 24.3. The summed E-state index contributed by atoms with van der Waals surface area (Å²) in [4.78, 5) is 121. The molecule has 2 bridgehead atoms. The van der Waals surface area contributed by atoms with Gasteiger partial charge in [-0.3, -0.25) is 62.8 Å². The molecule has 25 heteroatoms.